The predicted octanol–water partition coefficient (Wildman–Crippen LogP) is -0.103. The third kappa shape index (κ3) is 5.57. The first kappa shape index (κ1) is 15.9. The molecule has 0 aliphatic carbocycles. The molecular weight excluding hydrogens is 246 g/mol. The molecule has 0 aromatic heterocycles. The summed E-state index contributed by atoms with van der Waals surface area (Å²) in [5.74, 6) is -1.21. The fourth-order valence-corrected chi connectivity index (χ4v) is 2.12. The van der Waals surface area contributed by atoms with Gasteiger partial charge in [-0.3, -0.25) is 9.69 Å². The molecule has 1 aliphatic rings. The molecule has 6 nitrogen and oxygen atoms in total. The van der Waals surface area contributed by atoms with Crippen LogP contribution in [0, 0.1) is 5.41 Å². The van der Waals surface area contributed by atoms with Crippen LogP contribution in [0.2, 0.25) is 0 Å². The van der Waals surface area contributed by atoms with E-state index in [0.717, 1.165) is 32.6 Å². The molecule has 1 rings (SSSR count). The average Bonchev–Trinajstić information content (AvgIpc) is 2.52. The van der Waals surface area contributed by atoms with E-state index in [2.05, 4.69) is 15.5 Å². The van der Waals surface area contributed by atoms with Crippen LogP contribution >= 0.6 is 0 Å². The second-order valence-corrected chi connectivity index (χ2v) is 6.08. The molecule has 3 N–H and O–H groups in total. The minimum absolute atomic E-state index is 0.218. The zero-order chi connectivity index (χ0) is 14.5. The normalized spacial score (nSPS) is 19.5. The smallest absolute Gasteiger partial charge is 0.326 e. The molecule has 0 spiro atoms. The number of carbonyl (C=O) groups excluding carboxylic acids is 1. The Balaban J connectivity index is 2.50. The van der Waals surface area contributed by atoms with Gasteiger partial charge in [-0.05, 0) is 24.9 Å². The van der Waals surface area contributed by atoms with Crippen LogP contribution in [0.3, 0.4) is 0 Å². The molecule has 1 unspecified atom stereocenters. The van der Waals surface area contributed by atoms with E-state index in [9.17, 15) is 14.7 Å². The summed E-state index contributed by atoms with van der Waals surface area (Å²) in [5, 5.41) is 15.1. The molecule has 0 radical (unpaired) electrons. The van der Waals surface area contributed by atoms with E-state index >= 15 is 0 Å². The van der Waals surface area contributed by atoms with E-state index in [0.29, 0.717) is 0 Å². The lowest BCUT2D eigenvalue weighted by Gasteiger charge is -2.29. The number of nitrogens with one attached hydrogen (secondary N) is 2. The average molecular weight is 271 g/mol. The molecule has 0 saturated carbocycles. The maximum absolute atomic E-state index is 11.9. The molecule has 6 heteroatoms. The Morgan fingerprint density at radius 3 is 2.58 bits per heavy atom. The van der Waals surface area contributed by atoms with Gasteiger partial charge in [-0.1, -0.05) is 20.8 Å². The van der Waals surface area contributed by atoms with Crippen LogP contribution < -0.4 is 10.6 Å². The molecule has 0 aromatic rings. The number of carbonyl (C=O) groups is 2. The van der Waals surface area contributed by atoms with Gasteiger partial charge in [0.1, 0.15) is 6.04 Å². The Bertz CT molecular complexity index is 318. The Morgan fingerprint density at radius 2 is 2.00 bits per heavy atom. The zero-order valence-corrected chi connectivity index (χ0v) is 12.0. The summed E-state index contributed by atoms with van der Waals surface area (Å²) in [6.45, 7) is 9.22. The van der Waals surface area contributed by atoms with Gasteiger partial charge in [0.05, 0.1) is 6.54 Å². The van der Waals surface area contributed by atoms with Crippen LogP contribution in [0.25, 0.3) is 0 Å². The summed E-state index contributed by atoms with van der Waals surface area (Å²) in [7, 11) is 0. The van der Waals surface area contributed by atoms with Gasteiger partial charge in [-0.2, -0.15) is 0 Å². The van der Waals surface area contributed by atoms with Crippen molar-refractivity contribution >= 4 is 11.9 Å². The fraction of sp³-hybridized carbons (Fsp3) is 0.846. The van der Waals surface area contributed by atoms with Crippen molar-refractivity contribution in [3.8, 4) is 0 Å². The molecule has 1 heterocycles. The number of hydrogen-bond donors (Lipinski definition) is 3. The van der Waals surface area contributed by atoms with Gasteiger partial charge in [0, 0.05) is 13.1 Å². The number of rotatable bonds is 4. The molecule has 1 amide bonds. The molecule has 110 valence electrons. The van der Waals surface area contributed by atoms with Crippen molar-refractivity contribution in [1.29, 1.82) is 0 Å². The lowest BCUT2D eigenvalue weighted by Crippen LogP contribution is -2.51. The fourth-order valence-electron chi connectivity index (χ4n) is 2.12. The van der Waals surface area contributed by atoms with Crippen molar-refractivity contribution in [3.63, 3.8) is 0 Å². The van der Waals surface area contributed by atoms with E-state index in [1.54, 1.807) is 0 Å². The Kier molecular flexibility index (Phi) is 5.75. The van der Waals surface area contributed by atoms with Gasteiger partial charge in [-0.25, -0.2) is 4.79 Å². The van der Waals surface area contributed by atoms with Crippen LogP contribution in [0.1, 0.15) is 27.2 Å². The number of amides is 1. The second-order valence-electron chi connectivity index (χ2n) is 6.08. The highest BCUT2D eigenvalue weighted by atomic mass is 16.4. The van der Waals surface area contributed by atoms with E-state index in [4.69, 9.17) is 0 Å². The van der Waals surface area contributed by atoms with E-state index in [1.807, 2.05) is 20.8 Å². The summed E-state index contributed by atoms with van der Waals surface area (Å²) in [4.78, 5) is 25.2. The summed E-state index contributed by atoms with van der Waals surface area (Å²) < 4.78 is 0. The molecular formula is C13H25N3O3. The number of carboxylic acid groups (broad SMARTS) is 1. The molecule has 19 heavy (non-hydrogen) atoms. The summed E-state index contributed by atoms with van der Waals surface area (Å²) in [6, 6.07) is -0.856. The summed E-state index contributed by atoms with van der Waals surface area (Å²) in [5.41, 5.74) is -0.498. The van der Waals surface area contributed by atoms with Crippen molar-refractivity contribution < 1.29 is 14.7 Å². The zero-order valence-electron chi connectivity index (χ0n) is 12.0. The first-order valence-electron chi connectivity index (χ1n) is 6.76. The van der Waals surface area contributed by atoms with Crippen molar-refractivity contribution in [2.24, 2.45) is 5.41 Å². The number of carboxylic acids is 1. The van der Waals surface area contributed by atoms with Gasteiger partial charge in [0.25, 0.3) is 0 Å². The highest BCUT2D eigenvalue weighted by Crippen LogP contribution is 2.19. The third-order valence-corrected chi connectivity index (χ3v) is 3.22. The SMILES string of the molecule is CC(C)(C)C(NC(=O)CN1CCCNCC1)C(=O)O. The van der Waals surface area contributed by atoms with Gasteiger partial charge < -0.3 is 15.7 Å². The maximum atomic E-state index is 11.9. The quantitative estimate of drug-likeness (QED) is 0.665. The number of nitrogens with zero attached hydrogens (tertiary/aromatic N) is 1. The van der Waals surface area contributed by atoms with Gasteiger partial charge in [-0.15, -0.1) is 0 Å². The van der Waals surface area contributed by atoms with E-state index in [-0.39, 0.29) is 12.5 Å². The molecule has 1 aliphatic heterocycles. The lowest BCUT2D eigenvalue weighted by molar-refractivity contribution is -0.145. The van der Waals surface area contributed by atoms with Gasteiger partial charge in [0.15, 0.2) is 0 Å². The monoisotopic (exact) mass is 271 g/mol. The Labute approximate surface area is 114 Å². The van der Waals surface area contributed by atoms with Crippen molar-refractivity contribution in [3.05, 3.63) is 0 Å². The minimum Gasteiger partial charge on any atom is -0.480 e. The Morgan fingerprint density at radius 1 is 1.32 bits per heavy atom. The topological polar surface area (TPSA) is 81.7 Å². The molecule has 1 fully saturated rings. The molecule has 1 atom stereocenters. The first-order valence-corrected chi connectivity index (χ1v) is 6.76. The van der Waals surface area contributed by atoms with Crippen LogP contribution in [-0.2, 0) is 9.59 Å². The van der Waals surface area contributed by atoms with Gasteiger partial charge >= 0.3 is 5.97 Å². The van der Waals surface area contributed by atoms with Crippen molar-refractivity contribution in [2.75, 3.05) is 32.7 Å². The number of aliphatic carboxylic acids is 1. The lowest BCUT2D eigenvalue weighted by atomic mass is 9.87. The first-order chi connectivity index (χ1) is 8.80. The van der Waals surface area contributed by atoms with Crippen LogP contribution in [-0.4, -0.2) is 60.6 Å². The minimum atomic E-state index is -0.988. The highest BCUT2D eigenvalue weighted by Gasteiger charge is 2.32. The van der Waals surface area contributed by atoms with E-state index in [1.165, 1.54) is 0 Å². The standard InChI is InChI=1S/C13H25N3O3/c1-13(2,3)11(12(18)19)15-10(17)9-16-7-4-5-14-6-8-16/h11,14H,4-9H2,1-3H3,(H,15,17)(H,18,19). The van der Waals surface area contributed by atoms with Gasteiger partial charge in [0.2, 0.25) is 5.91 Å². The summed E-state index contributed by atoms with van der Waals surface area (Å²) >= 11 is 0. The molecule has 1 saturated heterocycles. The maximum Gasteiger partial charge on any atom is 0.326 e. The Hall–Kier alpha value is -1.14. The van der Waals surface area contributed by atoms with Crippen LogP contribution in [0.4, 0.5) is 0 Å². The highest BCUT2D eigenvalue weighted by molar-refractivity contribution is 5.85. The molecule has 0 aromatic carbocycles. The van der Waals surface area contributed by atoms with Crippen molar-refractivity contribution in [2.45, 2.75) is 33.2 Å². The largest absolute Gasteiger partial charge is 0.480 e. The van der Waals surface area contributed by atoms with E-state index < -0.39 is 17.4 Å². The predicted molar refractivity (Wildman–Crippen MR) is 72.9 cm³/mol. The number of hydrogen-bond acceptors (Lipinski definition) is 4. The van der Waals surface area contributed by atoms with Crippen LogP contribution in [0.5, 0.6) is 0 Å². The molecule has 0 bridgehead atoms. The van der Waals surface area contributed by atoms with Crippen molar-refractivity contribution in [1.82, 2.24) is 15.5 Å². The van der Waals surface area contributed by atoms with Crippen LogP contribution in [0.15, 0.2) is 0 Å². The summed E-state index contributed by atoms with van der Waals surface area (Å²) in [6.07, 6.45) is 1.01. The second kappa shape index (κ2) is 6.86. The third-order valence-electron chi connectivity index (χ3n) is 3.22.